The molecule has 0 amide bonds. The first kappa shape index (κ1) is 37.1. The molecule has 4 heteroatoms. The van der Waals surface area contributed by atoms with Crippen LogP contribution in [0.3, 0.4) is 0 Å². The second-order valence-electron chi connectivity index (χ2n) is 13.8. The van der Waals surface area contributed by atoms with Gasteiger partial charge >= 0.3 is 0 Å². The summed E-state index contributed by atoms with van der Waals surface area (Å²) in [6.07, 6.45) is 27.8. The summed E-state index contributed by atoms with van der Waals surface area (Å²) in [5.41, 5.74) is 6.75. The van der Waals surface area contributed by atoms with Crippen molar-refractivity contribution in [3.63, 3.8) is 0 Å². The lowest BCUT2D eigenvalue weighted by Crippen LogP contribution is -2.35. The van der Waals surface area contributed by atoms with Gasteiger partial charge in [0.2, 0.25) is 0 Å². The molecule has 44 heavy (non-hydrogen) atoms. The first-order chi connectivity index (χ1) is 20.6. The number of Topliss-reactive ketones (excluding diaryl/α,β-unsaturated/α-hetero) is 1. The second kappa shape index (κ2) is 16.9. The highest BCUT2D eigenvalue weighted by atomic mass is 16.3. The van der Waals surface area contributed by atoms with E-state index < -0.39 is 11.5 Å². The van der Waals surface area contributed by atoms with Crippen LogP contribution in [-0.2, 0) is 4.79 Å². The average molecular weight is 601 g/mol. The van der Waals surface area contributed by atoms with Crippen LogP contribution in [0.5, 0.6) is 0 Å². The summed E-state index contributed by atoms with van der Waals surface area (Å²) < 4.78 is 0. The topological polar surface area (TPSA) is 77.8 Å². The van der Waals surface area contributed by atoms with Gasteiger partial charge in [0.05, 0.1) is 18.8 Å². The Labute approximate surface area is 267 Å². The number of carbonyl (C=O) groups is 1. The van der Waals surface area contributed by atoms with Crippen LogP contribution in [0.25, 0.3) is 0 Å². The normalized spacial score (nSPS) is 27.8. The molecule has 3 N–H and O–H groups in total. The Balaban J connectivity index is 1.91. The van der Waals surface area contributed by atoms with Gasteiger partial charge in [0.15, 0.2) is 5.78 Å². The number of hydrogen-bond donors (Lipinski definition) is 3. The van der Waals surface area contributed by atoms with E-state index in [0.717, 1.165) is 28.7 Å². The van der Waals surface area contributed by atoms with E-state index in [2.05, 4.69) is 71.1 Å². The molecule has 2 aliphatic rings. The molecule has 4 unspecified atom stereocenters. The first-order valence-corrected chi connectivity index (χ1v) is 15.9. The summed E-state index contributed by atoms with van der Waals surface area (Å²) in [7, 11) is 0. The predicted molar refractivity (Wildman–Crippen MR) is 186 cm³/mol. The molecule has 0 aromatic heterocycles. The Bertz CT molecular complexity index is 1330. The van der Waals surface area contributed by atoms with Gasteiger partial charge in [-0.3, -0.25) is 4.79 Å². The average Bonchev–Trinajstić information content (AvgIpc) is 2.91. The Kier molecular flexibility index (Phi) is 14.2. The molecule has 0 aromatic rings. The number of allylic oxidation sites excluding steroid dienone is 17. The van der Waals surface area contributed by atoms with Gasteiger partial charge in [0.25, 0.3) is 0 Å². The Morgan fingerprint density at radius 2 is 1.39 bits per heavy atom. The number of hydrogen-bond acceptors (Lipinski definition) is 4. The van der Waals surface area contributed by atoms with Gasteiger partial charge in [-0.15, -0.1) is 0 Å². The number of ketones is 1. The fraction of sp³-hybridized carbons (Fsp3) is 0.475. The van der Waals surface area contributed by atoms with E-state index in [0.29, 0.717) is 24.3 Å². The number of carbonyl (C=O) groups excluding carboxylic acids is 1. The van der Waals surface area contributed by atoms with E-state index in [-0.39, 0.29) is 30.3 Å². The molecule has 240 valence electrons. The van der Waals surface area contributed by atoms with Gasteiger partial charge in [-0.1, -0.05) is 133 Å². The smallest absolute Gasteiger partial charge is 0.162 e. The molecule has 2 rings (SSSR count). The molecule has 0 aliphatic heterocycles. The summed E-state index contributed by atoms with van der Waals surface area (Å²) >= 11 is 0. The van der Waals surface area contributed by atoms with E-state index in [9.17, 15) is 20.1 Å². The maximum Gasteiger partial charge on any atom is 0.162 e. The van der Waals surface area contributed by atoms with Gasteiger partial charge < -0.3 is 15.3 Å². The number of aliphatic hydroxyl groups excluding tert-OH is 3. The minimum atomic E-state index is -0.551. The molecule has 0 aromatic carbocycles. The van der Waals surface area contributed by atoms with Crippen LogP contribution < -0.4 is 0 Å². The lowest BCUT2D eigenvalue weighted by Gasteiger charge is -2.38. The molecule has 0 saturated heterocycles. The van der Waals surface area contributed by atoms with Gasteiger partial charge in [-0.05, 0) is 71.8 Å². The van der Waals surface area contributed by atoms with E-state index in [1.165, 1.54) is 11.1 Å². The lowest BCUT2D eigenvalue weighted by atomic mass is 9.67. The van der Waals surface area contributed by atoms with Crippen LogP contribution >= 0.6 is 0 Å². The molecule has 0 radical (unpaired) electrons. The van der Waals surface area contributed by atoms with E-state index in [1.807, 2.05) is 70.2 Å². The maximum atomic E-state index is 12.9. The Hall–Kier alpha value is -3.05. The highest BCUT2D eigenvalue weighted by Gasteiger charge is 2.37. The number of aliphatic hydroxyl groups is 3. The van der Waals surface area contributed by atoms with Crippen molar-refractivity contribution in [2.45, 2.75) is 100 Å². The third-order valence-corrected chi connectivity index (χ3v) is 8.93. The van der Waals surface area contributed by atoms with Gasteiger partial charge in [0, 0.05) is 17.8 Å². The molecule has 2 aliphatic carbocycles. The van der Waals surface area contributed by atoms with Crippen molar-refractivity contribution >= 4 is 5.78 Å². The van der Waals surface area contributed by atoms with Crippen molar-refractivity contribution in [3.05, 3.63) is 118 Å². The second-order valence-corrected chi connectivity index (χ2v) is 13.8. The third kappa shape index (κ3) is 11.5. The van der Waals surface area contributed by atoms with Crippen molar-refractivity contribution in [3.8, 4) is 0 Å². The SMILES string of the molecule is CC(C=CC=C(C)C=CC1C(C)=CC(O)CC1(C)C)=CC=CC=C(C)C=CC=C(C)C(=O)CC1=C(C)CC(O)CC1(C)CO. The minimum Gasteiger partial charge on any atom is -0.395 e. The van der Waals surface area contributed by atoms with Crippen LogP contribution in [0.4, 0.5) is 0 Å². The zero-order chi connectivity index (χ0) is 33.1. The first-order valence-electron chi connectivity index (χ1n) is 15.9. The van der Waals surface area contributed by atoms with E-state index in [4.69, 9.17) is 0 Å². The lowest BCUT2D eigenvalue weighted by molar-refractivity contribution is -0.115. The van der Waals surface area contributed by atoms with E-state index >= 15 is 0 Å². The van der Waals surface area contributed by atoms with Crippen LogP contribution in [0.2, 0.25) is 0 Å². The largest absolute Gasteiger partial charge is 0.395 e. The summed E-state index contributed by atoms with van der Waals surface area (Å²) in [5, 5.41) is 30.2. The highest BCUT2D eigenvalue weighted by molar-refractivity contribution is 5.96. The molecule has 0 bridgehead atoms. The quantitative estimate of drug-likeness (QED) is 0.119. The van der Waals surface area contributed by atoms with Crippen molar-refractivity contribution in [2.24, 2.45) is 16.7 Å². The van der Waals surface area contributed by atoms with Crippen molar-refractivity contribution in [2.75, 3.05) is 6.61 Å². The maximum absolute atomic E-state index is 12.9. The highest BCUT2D eigenvalue weighted by Crippen LogP contribution is 2.43. The van der Waals surface area contributed by atoms with Crippen LogP contribution in [0, 0.1) is 16.7 Å². The number of rotatable bonds is 12. The standard InChI is InChI=1S/C40H56O4/c1-28(16-12-17-30(3)20-21-36-32(5)22-34(42)25-39(36,7)8)14-10-11-15-29(2)18-13-19-31(4)38(44)24-37-33(6)23-35(43)26-40(37,9)27-41/h10-22,34-36,41-43H,23-27H2,1-9H3. The van der Waals surface area contributed by atoms with Crippen molar-refractivity contribution in [1.29, 1.82) is 0 Å². The summed E-state index contributed by atoms with van der Waals surface area (Å²) in [4.78, 5) is 12.9. The zero-order valence-corrected chi connectivity index (χ0v) is 28.5. The summed E-state index contributed by atoms with van der Waals surface area (Å²) in [5.74, 6) is 0.366. The summed E-state index contributed by atoms with van der Waals surface area (Å²) in [6.45, 7) is 18.4. The fourth-order valence-electron chi connectivity index (χ4n) is 6.31. The van der Waals surface area contributed by atoms with Gasteiger partial charge in [-0.25, -0.2) is 0 Å². The molecular formula is C40H56O4. The monoisotopic (exact) mass is 600 g/mol. The predicted octanol–water partition coefficient (Wildman–Crippen LogP) is 8.78. The zero-order valence-electron chi connectivity index (χ0n) is 28.5. The molecule has 0 saturated carbocycles. The fourth-order valence-corrected chi connectivity index (χ4v) is 6.31. The van der Waals surface area contributed by atoms with Crippen molar-refractivity contribution < 1.29 is 20.1 Å². The molecule has 4 nitrogen and oxygen atoms in total. The van der Waals surface area contributed by atoms with Crippen LogP contribution in [-0.4, -0.2) is 39.9 Å². The van der Waals surface area contributed by atoms with Crippen molar-refractivity contribution in [1.82, 2.24) is 0 Å². The summed E-state index contributed by atoms with van der Waals surface area (Å²) in [6, 6.07) is 0. The van der Waals surface area contributed by atoms with Crippen LogP contribution in [0.15, 0.2) is 118 Å². The third-order valence-electron chi connectivity index (χ3n) is 8.93. The van der Waals surface area contributed by atoms with Crippen LogP contribution in [0.1, 0.15) is 88.0 Å². The van der Waals surface area contributed by atoms with Gasteiger partial charge in [0.1, 0.15) is 0 Å². The molecular weight excluding hydrogens is 544 g/mol. The Morgan fingerprint density at radius 3 is 1.95 bits per heavy atom. The molecule has 0 spiro atoms. The van der Waals surface area contributed by atoms with E-state index in [1.54, 1.807) is 0 Å². The molecule has 0 fully saturated rings. The Morgan fingerprint density at radius 1 is 0.841 bits per heavy atom. The molecule has 0 heterocycles. The van der Waals surface area contributed by atoms with Gasteiger partial charge in [-0.2, -0.15) is 0 Å². The molecule has 4 atom stereocenters. The minimum absolute atomic E-state index is 0.0380.